The fourth-order valence-electron chi connectivity index (χ4n) is 2.74. The molecular weight excluding hydrogens is 285 g/mol. The van der Waals surface area contributed by atoms with Crippen molar-refractivity contribution in [2.24, 2.45) is 5.92 Å². The van der Waals surface area contributed by atoms with Crippen molar-refractivity contribution in [3.63, 3.8) is 0 Å². The summed E-state index contributed by atoms with van der Waals surface area (Å²) in [5.74, 6) is 0.692. The summed E-state index contributed by atoms with van der Waals surface area (Å²) < 4.78 is 38.1. The minimum atomic E-state index is -4.62. The van der Waals surface area contributed by atoms with Crippen molar-refractivity contribution in [2.45, 2.75) is 49.9 Å². The molecule has 1 aliphatic carbocycles. The van der Waals surface area contributed by atoms with Gasteiger partial charge in [-0.05, 0) is 45.1 Å². The molecule has 1 unspecified atom stereocenters. The molecule has 2 fully saturated rings. The standard InChI is InChI=1S/C14H25F3N2O2/c1-12(21,14(15,16)17)9-19-6-4-13(10-20,5-7-19)18-8-11-2-3-11/h11,18,20-21H,2-10H2,1H3. The number of piperidine rings is 1. The Hall–Kier alpha value is -0.370. The second kappa shape index (κ2) is 6.02. The summed E-state index contributed by atoms with van der Waals surface area (Å²) in [5, 5.41) is 22.6. The maximum absolute atomic E-state index is 12.7. The van der Waals surface area contributed by atoms with E-state index in [0.717, 1.165) is 13.5 Å². The van der Waals surface area contributed by atoms with Gasteiger partial charge in [-0.3, -0.25) is 4.90 Å². The number of likely N-dealkylation sites (tertiary alicyclic amines) is 1. The molecule has 1 saturated heterocycles. The van der Waals surface area contributed by atoms with E-state index in [1.165, 1.54) is 12.8 Å². The summed E-state index contributed by atoms with van der Waals surface area (Å²) in [7, 11) is 0. The molecule has 1 saturated carbocycles. The molecule has 1 atom stereocenters. The van der Waals surface area contributed by atoms with Crippen LogP contribution in [-0.4, -0.2) is 65.2 Å². The Balaban J connectivity index is 1.83. The van der Waals surface area contributed by atoms with Crippen molar-refractivity contribution in [2.75, 3.05) is 32.8 Å². The van der Waals surface area contributed by atoms with Crippen molar-refractivity contribution in [3.05, 3.63) is 0 Å². The van der Waals surface area contributed by atoms with E-state index in [1.807, 2.05) is 0 Å². The second-order valence-electron chi connectivity index (χ2n) is 6.81. The molecule has 0 bridgehead atoms. The first kappa shape index (κ1) is 17.0. The first-order valence-electron chi connectivity index (χ1n) is 7.55. The minimum Gasteiger partial charge on any atom is -0.394 e. The van der Waals surface area contributed by atoms with Gasteiger partial charge in [0.25, 0.3) is 0 Å². The zero-order chi connectivity index (χ0) is 15.7. The molecule has 21 heavy (non-hydrogen) atoms. The van der Waals surface area contributed by atoms with Crippen LogP contribution in [0.5, 0.6) is 0 Å². The molecule has 0 amide bonds. The number of nitrogens with one attached hydrogen (secondary N) is 1. The van der Waals surface area contributed by atoms with Gasteiger partial charge in [0.15, 0.2) is 5.60 Å². The number of alkyl halides is 3. The molecule has 4 nitrogen and oxygen atoms in total. The number of β-amino-alcohol motifs (C(OH)–C–C–N with tert-alkyl or cyclic N) is 1. The molecule has 0 spiro atoms. The van der Waals surface area contributed by atoms with Gasteiger partial charge >= 0.3 is 6.18 Å². The van der Waals surface area contributed by atoms with E-state index in [0.29, 0.717) is 31.8 Å². The van der Waals surface area contributed by atoms with Crippen LogP contribution in [-0.2, 0) is 0 Å². The van der Waals surface area contributed by atoms with E-state index in [2.05, 4.69) is 5.32 Å². The number of rotatable bonds is 6. The van der Waals surface area contributed by atoms with Crippen LogP contribution in [0.1, 0.15) is 32.6 Å². The lowest BCUT2D eigenvalue weighted by Gasteiger charge is -2.43. The number of aliphatic hydroxyl groups excluding tert-OH is 1. The van der Waals surface area contributed by atoms with Gasteiger partial charge in [-0.2, -0.15) is 13.2 Å². The Bertz CT molecular complexity index is 349. The van der Waals surface area contributed by atoms with Crippen molar-refractivity contribution >= 4 is 0 Å². The first-order chi connectivity index (χ1) is 9.67. The molecule has 3 N–H and O–H groups in total. The molecule has 1 aliphatic heterocycles. The summed E-state index contributed by atoms with van der Waals surface area (Å²) in [5.41, 5.74) is -3.06. The summed E-state index contributed by atoms with van der Waals surface area (Å²) >= 11 is 0. The van der Waals surface area contributed by atoms with Gasteiger partial charge in [-0.25, -0.2) is 0 Å². The van der Waals surface area contributed by atoms with Gasteiger partial charge in [-0.1, -0.05) is 0 Å². The lowest BCUT2D eigenvalue weighted by molar-refractivity contribution is -0.258. The lowest BCUT2D eigenvalue weighted by Crippen LogP contribution is -2.59. The second-order valence-corrected chi connectivity index (χ2v) is 6.81. The van der Waals surface area contributed by atoms with Crippen molar-refractivity contribution < 1.29 is 23.4 Å². The number of aliphatic hydroxyl groups is 2. The van der Waals surface area contributed by atoms with E-state index < -0.39 is 18.3 Å². The SMILES string of the molecule is CC(O)(CN1CCC(CO)(NCC2CC2)CC1)C(F)(F)F. The zero-order valence-corrected chi connectivity index (χ0v) is 12.4. The Morgan fingerprint density at radius 1 is 1.24 bits per heavy atom. The number of hydrogen-bond acceptors (Lipinski definition) is 4. The van der Waals surface area contributed by atoms with E-state index in [9.17, 15) is 23.4 Å². The fourth-order valence-corrected chi connectivity index (χ4v) is 2.74. The van der Waals surface area contributed by atoms with Gasteiger partial charge in [-0.15, -0.1) is 0 Å². The van der Waals surface area contributed by atoms with E-state index in [-0.39, 0.29) is 12.1 Å². The monoisotopic (exact) mass is 310 g/mol. The third kappa shape index (κ3) is 4.31. The summed E-state index contributed by atoms with van der Waals surface area (Å²) in [6.07, 6.45) is -0.985. The maximum atomic E-state index is 12.7. The summed E-state index contributed by atoms with van der Waals surface area (Å²) in [6, 6.07) is 0. The Morgan fingerprint density at radius 3 is 2.24 bits per heavy atom. The molecule has 7 heteroatoms. The minimum absolute atomic E-state index is 0.00320. The highest BCUT2D eigenvalue weighted by molar-refractivity contribution is 4.96. The molecule has 124 valence electrons. The highest BCUT2D eigenvalue weighted by Gasteiger charge is 2.51. The predicted octanol–water partition coefficient (Wildman–Crippen LogP) is 1.13. The van der Waals surface area contributed by atoms with Crippen LogP contribution >= 0.6 is 0 Å². The molecule has 0 aromatic rings. The molecule has 0 radical (unpaired) electrons. The van der Waals surface area contributed by atoms with Crippen LogP contribution in [0.3, 0.4) is 0 Å². The molecular formula is C14H25F3N2O2. The summed E-state index contributed by atoms with van der Waals surface area (Å²) in [4.78, 5) is 1.63. The topological polar surface area (TPSA) is 55.7 Å². The zero-order valence-electron chi connectivity index (χ0n) is 12.4. The maximum Gasteiger partial charge on any atom is 0.418 e. The average Bonchev–Trinajstić information content (AvgIpc) is 3.21. The van der Waals surface area contributed by atoms with Crippen LogP contribution in [0.15, 0.2) is 0 Å². The van der Waals surface area contributed by atoms with Crippen molar-refractivity contribution in [1.82, 2.24) is 10.2 Å². The highest BCUT2D eigenvalue weighted by atomic mass is 19.4. The van der Waals surface area contributed by atoms with Gasteiger partial charge in [0.2, 0.25) is 0 Å². The van der Waals surface area contributed by atoms with E-state index in [4.69, 9.17) is 0 Å². The molecule has 0 aromatic heterocycles. The van der Waals surface area contributed by atoms with Gasteiger partial charge < -0.3 is 15.5 Å². The molecule has 0 aromatic carbocycles. The molecule has 2 aliphatic rings. The van der Waals surface area contributed by atoms with Crippen LogP contribution in [0.4, 0.5) is 13.2 Å². The van der Waals surface area contributed by atoms with Gasteiger partial charge in [0.05, 0.1) is 6.61 Å². The largest absolute Gasteiger partial charge is 0.418 e. The number of halogens is 3. The smallest absolute Gasteiger partial charge is 0.394 e. The average molecular weight is 310 g/mol. The quantitative estimate of drug-likeness (QED) is 0.688. The number of nitrogens with zero attached hydrogens (tertiary/aromatic N) is 1. The predicted molar refractivity (Wildman–Crippen MR) is 72.9 cm³/mol. The molecule has 2 rings (SSSR count). The first-order valence-corrected chi connectivity index (χ1v) is 7.55. The van der Waals surface area contributed by atoms with E-state index >= 15 is 0 Å². The third-order valence-electron chi connectivity index (χ3n) is 4.72. The van der Waals surface area contributed by atoms with Crippen LogP contribution in [0.2, 0.25) is 0 Å². The van der Waals surface area contributed by atoms with Crippen LogP contribution in [0, 0.1) is 5.92 Å². The van der Waals surface area contributed by atoms with Crippen molar-refractivity contribution in [1.29, 1.82) is 0 Å². The van der Waals surface area contributed by atoms with Gasteiger partial charge in [0.1, 0.15) is 0 Å². The Morgan fingerprint density at radius 2 is 1.81 bits per heavy atom. The Kier molecular flexibility index (Phi) is 4.87. The lowest BCUT2D eigenvalue weighted by atomic mass is 9.87. The fraction of sp³-hybridized carbons (Fsp3) is 1.00. The van der Waals surface area contributed by atoms with Gasteiger partial charge in [0, 0.05) is 25.2 Å². The normalized spacial score (nSPS) is 26.6. The number of hydrogen-bond donors (Lipinski definition) is 3. The van der Waals surface area contributed by atoms with E-state index in [1.54, 1.807) is 4.90 Å². The molecule has 1 heterocycles. The van der Waals surface area contributed by atoms with Crippen LogP contribution < -0.4 is 5.32 Å². The summed E-state index contributed by atoms with van der Waals surface area (Å²) in [6.45, 7) is 2.17. The highest BCUT2D eigenvalue weighted by Crippen LogP contribution is 2.33. The Labute approximate surface area is 123 Å². The third-order valence-corrected chi connectivity index (χ3v) is 4.72. The van der Waals surface area contributed by atoms with Crippen molar-refractivity contribution in [3.8, 4) is 0 Å². The van der Waals surface area contributed by atoms with Crippen LogP contribution in [0.25, 0.3) is 0 Å².